The van der Waals surface area contributed by atoms with E-state index >= 15 is 0 Å². The Hall–Kier alpha value is -1.71. The van der Waals surface area contributed by atoms with Gasteiger partial charge in [0.1, 0.15) is 0 Å². The third kappa shape index (κ3) is 3.81. The molecule has 0 aliphatic rings. The van der Waals surface area contributed by atoms with Crippen LogP contribution < -0.4 is 10.2 Å². The number of benzene rings is 1. The predicted octanol–water partition coefficient (Wildman–Crippen LogP) is 2.12. The van der Waals surface area contributed by atoms with E-state index < -0.39 is 0 Å². The van der Waals surface area contributed by atoms with Crippen LogP contribution in [0.25, 0.3) is 0 Å². The lowest BCUT2D eigenvalue weighted by molar-refractivity contribution is 0.373. The second-order valence-electron chi connectivity index (χ2n) is 4.55. The van der Waals surface area contributed by atoms with E-state index in [0.717, 1.165) is 5.56 Å². The third-order valence-electron chi connectivity index (χ3n) is 1.82. The highest BCUT2D eigenvalue weighted by molar-refractivity contribution is 5.80. The van der Waals surface area contributed by atoms with Crippen LogP contribution in [0.1, 0.15) is 26.3 Å². The first-order valence-corrected chi connectivity index (χ1v) is 5.09. The van der Waals surface area contributed by atoms with E-state index in [-0.39, 0.29) is 11.3 Å². The van der Waals surface area contributed by atoms with Crippen molar-refractivity contribution in [3.05, 3.63) is 23.8 Å². The lowest BCUT2D eigenvalue weighted by atomic mass is 10.1. The molecule has 0 amide bonds. The molecule has 1 aromatic carbocycles. The molecule has 0 saturated carbocycles. The summed E-state index contributed by atoms with van der Waals surface area (Å²) in [7, 11) is 1.52. The molecule has 0 saturated heterocycles. The summed E-state index contributed by atoms with van der Waals surface area (Å²) in [6, 6.07) is 5.13. The zero-order valence-corrected chi connectivity index (χ0v) is 10.1. The van der Waals surface area contributed by atoms with Crippen molar-refractivity contribution in [2.75, 3.05) is 7.11 Å². The van der Waals surface area contributed by atoms with Crippen molar-refractivity contribution in [3.63, 3.8) is 0 Å². The Morgan fingerprint density at radius 3 is 2.56 bits per heavy atom. The van der Waals surface area contributed by atoms with Crippen molar-refractivity contribution >= 4 is 6.21 Å². The zero-order valence-electron chi connectivity index (χ0n) is 10.1. The van der Waals surface area contributed by atoms with Crippen molar-refractivity contribution in [3.8, 4) is 11.5 Å². The number of ether oxygens (including phenoxy) is 1. The summed E-state index contributed by atoms with van der Waals surface area (Å²) < 4.78 is 4.95. The Kier molecular flexibility index (Phi) is 3.77. The summed E-state index contributed by atoms with van der Waals surface area (Å²) in [4.78, 5) is 0. The van der Waals surface area contributed by atoms with E-state index in [4.69, 9.17) is 4.74 Å². The van der Waals surface area contributed by atoms with Gasteiger partial charge in [-0.2, -0.15) is 5.10 Å². The molecule has 0 atom stereocenters. The highest BCUT2D eigenvalue weighted by Crippen LogP contribution is 2.25. The Balaban J connectivity index is 2.72. The number of phenols is 1. The Morgan fingerprint density at radius 1 is 1.38 bits per heavy atom. The molecular weight excluding hydrogens is 204 g/mol. The van der Waals surface area contributed by atoms with Crippen LogP contribution in [0.4, 0.5) is 0 Å². The normalized spacial score (nSPS) is 11.8. The summed E-state index contributed by atoms with van der Waals surface area (Å²) in [5.41, 5.74) is 3.73. The first-order valence-electron chi connectivity index (χ1n) is 5.09. The van der Waals surface area contributed by atoms with E-state index in [1.807, 2.05) is 26.8 Å². The summed E-state index contributed by atoms with van der Waals surface area (Å²) in [5, 5.41) is 13.6. The molecule has 0 aliphatic heterocycles. The Morgan fingerprint density at radius 2 is 2.06 bits per heavy atom. The highest BCUT2D eigenvalue weighted by Gasteiger charge is 2.06. The van der Waals surface area contributed by atoms with Crippen LogP contribution in [-0.4, -0.2) is 24.0 Å². The summed E-state index contributed by atoms with van der Waals surface area (Å²) >= 11 is 0. The molecule has 88 valence electrons. The van der Waals surface area contributed by atoms with Gasteiger partial charge in [0.25, 0.3) is 0 Å². The van der Waals surface area contributed by atoms with Crippen molar-refractivity contribution in [1.82, 2.24) is 5.43 Å². The van der Waals surface area contributed by atoms with Gasteiger partial charge >= 0.3 is 0 Å². The number of nitrogens with one attached hydrogen (secondary N) is 1. The van der Waals surface area contributed by atoms with E-state index in [9.17, 15) is 5.11 Å². The highest BCUT2D eigenvalue weighted by atomic mass is 16.5. The molecule has 0 spiro atoms. The first kappa shape index (κ1) is 12.4. The quantitative estimate of drug-likeness (QED) is 0.608. The summed E-state index contributed by atoms with van der Waals surface area (Å²) in [5.74, 6) is 0.572. The minimum Gasteiger partial charge on any atom is -0.504 e. The number of methoxy groups -OCH3 is 1. The number of nitrogens with zero attached hydrogens (tertiary/aromatic N) is 1. The van der Waals surface area contributed by atoms with Gasteiger partial charge in [0.15, 0.2) is 11.5 Å². The molecule has 4 heteroatoms. The molecule has 1 aromatic rings. The van der Waals surface area contributed by atoms with Gasteiger partial charge in [0.2, 0.25) is 0 Å². The average Bonchev–Trinajstić information content (AvgIpc) is 2.16. The molecule has 0 aromatic heterocycles. The topological polar surface area (TPSA) is 53.8 Å². The van der Waals surface area contributed by atoms with Gasteiger partial charge in [-0.05, 0) is 44.5 Å². The second kappa shape index (κ2) is 4.88. The molecule has 0 bridgehead atoms. The van der Waals surface area contributed by atoms with Gasteiger partial charge in [-0.3, -0.25) is 0 Å². The van der Waals surface area contributed by atoms with Crippen LogP contribution in [0, 0.1) is 0 Å². The number of hydrazone groups is 1. The van der Waals surface area contributed by atoms with Crippen molar-refractivity contribution in [1.29, 1.82) is 0 Å². The molecule has 0 fully saturated rings. The van der Waals surface area contributed by atoms with Gasteiger partial charge in [-0.1, -0.05) is 0 Å². The van der Waals surface area contributed by atoms with Gasteiger partial charge in [-0.15, -0.1) is 0 Å². The molecule has 2 N–H and O–H groups in total. The van der Waals surface area contributed by atoms with Gasteiger partial charge in [-0.25, -0.2) is 0 Å². The fourth-order valence-electron chi connectivity index (χ4n) is 1.09. The van der Waals surface area contributed by atoms with Crippen LogP contribution in [-0.2, 0) is 0 Å². The number of hydrogen-bond acceptors (Lipinski definition) is 4. The maximum atomic E-state index is 9.54. The van der Waals surface area contributed by atoms with E-state index in [1.165, 1.54) is 7.11 Å². The largest absolute Gasteiger partial charge is 0.504 e. The average molecular weight is 222 g/mol. The molecular formula is C12H18N2O2. The monoisotopic (exact) mass is 222 g/mol. The zero-order chi connectivity index (χ0) is 12.2. The number of aromatic hydroxyl groups is 1. The minimum absolute atomic E-state index is 0.0645. The first-order chi connectivity index (χ1) is 7.42. The number of phenolic OH excluding ortho intramolecular Hbond substituents is 1. The lowest BCUT2D eigenvalue weighted by Gasteiger charge is -2.16. The lowest BCUT2D eigenvalue weighted by Crippen LogP contribution is -2.31. The van der Waals surface area contributed by atoms with Gasteiger partial charge in [0, 0.05) is 5.54 Å². The SMILES string of the molecule is COc1ccc(/C=N/NC(C)(C)C)cc1O. The van der Waals surface area contributed by atoms with Crippen LogP contribution in [0.15, 0.2) is 23.3 Å². The van der Waals surface area contributed by atoms with Crippen molar-refractivity contribution in [2.24, 2.45) is 5.10 Å². The fraction of sp³-hybridized carbons (Fsp3) is 0.417. The Bertz CT molecular complexity index is 381. The van der Waals surface area contributed by atoms with Crippen molar-refractivity contribution < 1.29 is 9.84 Å². The van der Waals surface area contributed by atoms with E-state index in [2.05, 4.69) is 10.5 Å². The minimum atomic E-state index is -0.0645. The smallest absolute Gasteiger partial charge is 0.160 e. The van der Waals surface area contributed by atoms with Crippen LogP contribution in [0.5, 0.6) is 11.5 Å². The van der Waals surface area contributed by atoms with Crippen LogP contribution >= 0.6 is 0 Å². The maximum Gasteiger partial charge on any atom is 0.160 e. The molecule has 0 aliphatic carbocycles. The standard InChI is InChI=1S/C12H18N2O2/c1-12(2,3)14-13-8-9-5-6-11(16-4)10(15)7-9/h5-8,14-15H,1-4H3/b13-8+. The van der Waals surface area contributed by atoms with Crippen molar-refractivity contribution in [2.45, 2.75) is 26.3 Å². The van der Waals surface area contributed by atoms with Gasteiger partial charge in [0.05, 0.1) is 13.3 Å². The molecule has 16 heavy (non-hydrogen) atoms. The fourth-order valence-corrected chi connectivity index (χ4v) is 1.09. The molecule has 0 unspecified atom stereocenters. The molecule has 0 heterocycles. The number of hydrogen-bond donors (Lipinski definition) is 2. The maximum absolute atomic E-state index is 9.54. The third-order valence-corrected chi connectivity index (χ3v) is 1.82. The number of rotatable bonds is 3. The molecule has 4 nitrogen and oxygen atoms in total. The molecule has 0 radical (unpaired) electrons. The summed E-state index contributed by atoms with van der Waals surface area (Å²) in [6.45, 7) is 6.07. The molecule has 1 rings (SSSR count). The predicted molar refractivity (Wildman–Crippen MR) is 65.1 cm³/mol. The van der Waals surface area contributed by atoms with Crippen LogP contribution in [0.3, 0.4) is 0 Å². The summed E-state index contributed by atoms with van der Waals surface area (Å²) in [6.07, 6.45) is 1.66. The van der Waals surface area contributed by atoms with E-state index in [1.54, 1.807) is 18.3 Å². The van der Waals surface area contributed by atoms with Gasteiger partial charge < -0.3 is 15.3 Å². The van der Waals surface area contributed by atoms with E-state index in [0.29, 0.717) is 5.75 Å². The second-order valence-corrected chi connectivity index (χ2v) is 4.55. The Labute approximate surface area is 95.9 Å². The van der Waals surface area contributed by atoms with Crippen LogP contribution in [0.2, 0.25) is 0 Å².